The van der Waals surface area contributed by atoms with Crippen LogP contribution in [0.15, 0.2) is 42.5 Å². The largest absolute Gasteiger partial charge is 0.309 e. The summed E-state index contributed by atoms with van der Waals surface area (Å²) in [6, 6.07) is 15.5. The van der Waals surface area contributed by atoms with Gasteiger partial charge in [-0.15, -0.1) is 0 Å². The van der Waals surface area contributed by atoms with E-state index in [0.717, 1.165) is 5.56 Å². The highest BCUT2D eigenvalue weighted by atomic mass is 19.1. The average molecular weight is 265 g/mol. The first-order valence-corrected chi connectivity index (χ1v) is 6.11. The van der Waals surface area contributed by atoms with Crippen LogP contribution in [0.1, 0.15) is 22.3 Å². The van der Waals surface area contributed by atoms with E-state index in [1.165, 1.54) is 18.2 Å². The van der Waals surface area contributed by atoms with Crippen molar-refractivity contribution in [3.8, 4) is 12.1 Å². The standard InChI is InChI=1S/C16H12FN3/c17-16-5-4-14(9-19)15(7-16)11-20-10-13-3-1-2-12(6-13)8-18/h1-7,20H,10-11H2. The van der Waals surface area contributed by atoms with E-state index < -0.39 is 0 Å². The van der Waals surface area contributed by atoms with Gasteiger partial charge >= 0.3 is 0 Å². The molecule has 0 saturated carbocycles. The molecule has 0 fully saturated rings. The summed E-state index contributed by atoms with van der Waals surface area (Å²) in [5, 5.41) is 20.9. The number of hydrogen-bond donors (Lipinski definition) is 1. The second-order valence-corrected chi connectivity index (χ2v) is 4.33. The van der Waals surface area contributed by atoms with Crippen LogP contribution in [0.2, 0.25) is 0 Å². The molecule has 0 saturated heterocycles. The van der Waals surface area contributed by atoms with Crippen molar-refractivity contribution in [2.24, 2.45) is 0 Å². The van der Waals surface area contributed by atoms with Crippen molar-refractivity contribution < 1.29 is 4.39 Å². The maximum absolute atomic E-state index is 13.2. The quantitative estimate of drug-likeness (QED) is 0.924. The number of benzene rings is 2. The predicted molar refractivity (Wildman–Crippen MR) is 72.8 cm³/mol. The van der Waals surface area contributed by atoms with Crippen LogP contribution < -0.4 is 5.32 Å². The minimum Gasteiger partial charge on any atom is -0.309 e. The molecule has 2 rings (SSSR count). The molecule has 0 bridgehead atoms. The second kappa shape index (κ2) is 6.47. The van der Waals surface area contributed by atoms with Crippen molar-refractivity contribution >= 4 is 0 Å². The number of nitrogens with zero attached hydrogens (tertiary/aromatic N) is 2. The number of rotatable bonds is 4. The number of halogens is 1. The molecule has 98 valence electrons. The van der Waals surface area contributed by atoms with Crippen LogP contribution in [-0.4, -0.2) is 0 Å². The predicted octanol–water partition coefficient (Wildman–Crippen LogP) is 2.86. The van der Waals surface area contributed by atoms with Crippen molar-refractivity contribution in [1.82, 2.24) is 5.32 Å². The van der Waals surface area contributed by atoms with Crippen molar-refractivity contribution in [2.45, 2.75) is 13.1 Å². The van der Waals surface area contributed by atoms with E-state index >= 15 is 0 Å². The van der Waals surface area contributed by atoms with Gasteiger partial charge in [-0.2, -0.15) is 10.5 Å². The Morgan fingerprint density at radius 3 is 2.60 bits per heavy atom. The fraction of sp³-hybridized carbons (Fsp3) is 0.125. The molecule has 0 aromatic heterocycles. The first kappa shape index (κ1) is 13.7. The van der Waals surface area contributed by atoms with E-state index in [9.17, 15) is 4.39 Å². The summed E-state index contributed by atoms with van der Waals surface area (Å²) < 4.78 is 13.2. The number of nitrogens with one attached hydrogen (secondary N) is 1. The Kier molecular flexibility index (Phi) is 4.44. The minimum atomic E-state index is -0.354. The summed E-state index contributed by atoms with van der Waals surface area (Å²) in [4.78, 5) is 0. The molecule has 0 aliphatic rings. The van der Waals surface area contributed by atoms with Gasteiger partial charge in [-0.3, -0.25) is 0 Å². The monoisotopic (exact) mass is 265 g/mol. The Morgan fingerprint density at radius 2 is 1.85 bits per heavy atom. The van der Waals surface area contributed by atoms with Gasteiger partial charge in [0.05, 0.1) is 23.3 Å². The first-order valence-electron chi connectivity index (χ1n) is 6.11. The van der Waals surface area contributed by atoms with Gasteiger partial charge in [-0.25, -0.2) is 4.39 Å². The van der Waals surface area contributed by atoms with Gasteiger partial charge in [0, 0.05) is 13.1 Å². The van der Waals surface area contributed by atoms with Gasteiger partial charge in [-0.1, -0.05) is 12.1 Å². The molecular formula is C16H12FN3. The highest BCUT2D eigenvalue weighted by Gasteiger charge is 2.03. The maximum Gasteiger partial charge on any atom is 0.123 e. The highest BCUT2D eigenvalue weighted by Crippen LogP contribution is 2.11. The molecule has 0 radical (unpaired) electrons. The molecule has 1 N–H and O–H groups in total. The molecule has 2 aromatic rings. The molecule has 0 atom stereocenters. The lowest BCUT2D eigenvalue weighted by atomic mass is 10.1. The second-order valence-electron chi connectivity index (χ2n) is 4.33. The molecule has 0 heterocycles. The van der Waals surface area contributed by atoms with E-state index in [1.807, 2.05) is 18.2 Å². The van der Waals surface area contributed by atoms with Crippen LogP contribution >= 0.6 is 0 Å². The topological polar surface area (TPSA) is 59.6 Å². The molecule has 2 aromatic carbocycles. The molecule has 0 spiro atoms. The lowest BCUT2D eigenvalue weighted by Crippen LogP contribution is -2.13. The first-order chi connectivity index (χ1) is 9.72. The molecule has 0 aliphatic heterocycles. The molecule has 0 aliphatic carbocycles. The van der Waals surface area contributed by atoms with Crippen LogP contribution in [0.4, 0.5) is 4.39 Å². The molecular weight excluding hydrogens is 253 g/mol. The number of nitriles is 2. The van der Waals surface area contributed by atoms with Crippen LogP contribution in [0.3, 0.4) is 0 Å². The van der Waals surface area contributed by atoms with Crippen LogP contribution in [-0.2, 0) is 13.1 Å². The molecule has 0 unspecified atom stereocenters. The zero-order valence-electron chi connectivity index (χ0n) is 10.7. The van der Waals surface area contributed by atoms with Crippen LogP contribution in [0.25, 0.3) is 0 Å². The third-order valence-corrected chi connectivity index (χ3v) is 2.89. The Morgan fingerprint density at radius 1 is 1.00 bits per heavy atom. The molecule has 4 heteroatoms. The molecule has 3 nitrogen and oxygen atoms in total. The van der Waals surface area contributed by atoms with E-state index in [-0.39, 0.29) is 5.82 Å². The van der Waals surface area contributed by atoms with Crippen molar-refractivity contribution in [2.75, 3.05) is 0 Å². The minimum absolute atomic E-state index is 0.354. The average Bonchev–Trinajstić information content (AvgIpc) is 2.48. The summed E-state index contributed by atoms with van der Waals surface area (Å²) in [6.07, 6.45) is 0. The molecule has 20 heavy (non-hydrogen) atoms. The normalized spacial score (nSPS) is 9.75. The van der Waals surface area contributed by atoms with Crippen LogP contribution in [0.5, 0.6) is 0 Å². The molecule has 0 amide bonds. The van der Waals surface area contributed by atoms with Gasteiger partial charge in [0.25, 0.3) is 0 Å². The fourth-order valence-corrected chi connectivity index (χ4v) is 1.91. The summed E-state index contributed by atoms with van der Waals surface area (Å²) in [5.74, 6) is -0.354. The number of hydrogen-bond acceptors (Lipinski definition) is 3. The van der Waals surface area contributed by atoms with E-state index in [0.29, 0.717) is 29.8 Å². The lowest BCUT2D eigenvalue weighted by Gasteiger charge is -2.07. The van der Waals surface area contributed by atoms with Gasteiger partial charge in [0.2, 0.25) is 0 Å². The summed E-state index contributed by atoms with van der Waals surface area (Å²) in [5.41, 5.74) is 2.67. The van der Waals surface area contributed by atoms with Gasteiger partial charge in [0.15, 0.2) is 0 Å². The third kappa shape index (κ3) is 3.41. The van der Waals surface area contributed by atoms with Crippen LogP contribution in [0, 0.1) is 28.5 Å². The SMILES string of the molecule is N#Cc1cccc(CNCc2cc(F)ccc2C#N)c1. The Bertz CT molecular complexity index is 696. The summed E-state index contributed by atoms with van der Waals surface area (Å²) in [7, 11) is 0. The zero-order valence-corrected chi connectivity index (χ0v) is 10.7. The Labute approximate surface area is 116 Å². The van der Waals surface area contributed by atoms with E-state index in [1.54, 1.807) is 12.1 Å². The third-order valence-electron chi connectivity index (χ3n) is 2.89. The Balaban J connectivity index is 2.01. The van der Waals surface area contributed by atoms with Gasteiger partial charge in [-0.05, 0) is 41.5 Å². The van der Waals surface area contributed by atoms with Gasteiger partial charge < -0.3 is 5.32 Å². The van der Waals surface area contributed by atoms with Crippen molar-refractivity contribution in [1.29, 1.82) is 10.5 Å². The highest BCUT2D eigenvalue weighted by molar-refractivity contribution is 5.38. The van der Waals surface area contributed by atoms with Crippen molar-refractivity contribution in [3.05, 3.63) is 70.5 Å². The summed E-state index contributed by atoms with van der Waals surface area (Å²) in [6.45, 7) is 0.953. The van der Waals surface area contributed by atoms with Gasteiger partial charge in [0.1, 0.15) is 5.82 Å². The summed E-state index contributed by atoms with van der Waals surface area (Å²) >= 11 is 0. The Hall–Kier alpha value is -2.69. The fourth-order valence-electron chi connectivity index (χ4n) is 1.91. The zero-order chi connectivity index (χ0) is 14.4. The lowest BCUT2D eigenvalue weighted by molar-refractivity contribution is 0.619. The smallest absolute Gasteiger partial charge is 0.123 e. The van der Waals surface area contributed by atoms with E-state index in [2.05, 4.69) is 11.4 Å². The van der Waals surface area contributed by atoms with E-state index in [4.69, 9.17) is 10.5 Å². The van der Waals surface area contributed by atoms with Crippen molar-refractivity contribution in [3.63, 3.8) is 0 Å². The maximum atomic E-state index is 13.2.